The van der Waals surface area contributed by atoms with Crippen LogP contribution in [0.3, 0.4) is 0 Å². The second-order valence-electron chi connectivity index (χ2n) is 5.13. The number of nitrogens with one attached hydrogen (secondary N) is 1. The first kappa shape index (κ1) is 13.8. The zero-order valence-electron chi connectivity index (χ0n) is 11.2. The molecule has 1 amide bonds. The molecule has 1 aliphatic carbocycles. The second kappa shape index (κ2) is 5.17. The molecule has 0 bridgehead atoms. The van der Waals surface area contributed by atoms with Gasteiger partial charge < -0.3 is 10.5 Å². The molecule has 1 aromatic carbocycles. The number of benzene rings is 1. The van der Waals surface area contributed by atoms with E-state index in [1.54, 1.807) is 19.1 Å². The second-order valence-corrected chi connectivity index (χ2v) is 5.13. The Morgan fingerprint density at radius 3 is 2.79 bits per heavy atom. The number of rotatable bonds is 6. The summed E-state index contributed by atoms with van der Waals surface area (Å²) in [5, 5.41) is 3.09. The van der Waals surface area contributed by atoms with Crippen molar-refractivity contribution >= 4 is 5.91 Å². The van der Waals surface area contributed by atoms with Crippen LogP contribution in [0.25, 0.3) is 0 Å². The highest BCUT2D eigenvalue weighted by atomic mass is 19.1. The number of primary amides is 1. The fourth-order valence-corrected chi connectivity index (χ4v) is 2.13. The summed E-state index contributed by atoms with van der Waals surface area (Å²) in [6.45, 7) is 2.25. The van der Waals surface area contributed by atoms with Crippen LogP contribution in [-0.2, 0) is 10.3 Å². The number of nitrogens with two attached hydrogens (primary N) is 1. The molecular formula is C14H19FN2O2. The number of carbonyl (C=O) groups is 1. The molecule has 104 valence electrons. The summed E-state index contributed by atoms with van der Waals surface area (Å²) >= 11 is 0. The molecule has 0 heterocycles. The fraction of sp³-hybridized carbons (Fsp3) is 0.500. The average molecular weight is 266 g/mol. The van der Waals surface area contributed by atoms with E-state index < -0.39 is 17.3 Å². The summed E-state index contributed by atoms with van der Waals surface area (Å²) in [6.07, 6.45) is 2.27. The van der Waals surface area contributed by atoms with Crippen LogP contribution in [0.1, 0.15) is 25.3 Å². The molecule has 0 spiro atoms. The van der Waals surface area contributed by atoms with Gasteiger partial charge >= 0.3 is 0 Å². The predicted octanol–water partition coefficient (Wildman–Crippen LogP) is 1.53. The van der Waals surface area contributed by atoms with Crippen molar-refractivity contribution in [3.63, 3.8) is 0 Å². The summed E-state index contributed by atoms with van der Waals surface area (Å²) in [6, 6.07) is 4.47. The molecule has 19 heavy (non-hydrogen) atoms. The first-order valence-corrected chi connectivity index (χ1v) is 6.37. The molecule has 1 aromatic rings. The van der Waals surface area contributed by atoms with Gasteiger partial charge in [0.1, 0.15) is 17.1 Å². The Morgan fingerprint density at radius 2 is 2.26 bits per heavy atom. The van der Waals surface area contributed by atoms with Gasteiger partial charge in [0.2, 0.25) is 5.91 Å². The number of ether oxygens (including phenoxy) is 1. The summed E-state index contributed by atoms with van der Waals surface area (Å²) < 4.78 is 19.3. The molecule has 1 atom stereocenters. The van der Waals surface area contributed by atoms with Crippen molar-refractivity contribution in [2.45, 2.75) is 25.3 Å². The Bertz CT molecular complexity index is 488. The maximum atomic E-state index is 14.1. The van der Waals surface area contributed by atoms with Crippen molar-refractivity contribution in [2.75, 3.05) is 13.7 Å². The van der Waals surface area contributed by atoms with Gasteiger partial charge in [-0.05, 0) is 44.4 Å². The lowest BCUT2D eigenvalue weighted by molar-refractivity contribution is -0.124. The van der Waals surface area contributed by atoms with Crippen LogP contribution in [-0.4, -0.2) is 19.6 Å². The number of hydrogen-bond acceptors (Lipinski definition) is 3. The molecule has 0 aromatic heterocycles. The van der Waals surface area contributed by atoms with E-state index in [4.69, 9.17) is 10.5 Å². The van der Waals surface area contributed by atoms with E-state index >= 15 is 0 Å². The average Bonchev–Trinajstić information content (AvgIpc) is 3.19. The summed E-state index contributed by atoms with van der Waals surface area (Å²) in [4.78, 5) is 11.8. The number of amides is 1. The summed E-state index contributed by atoms with van der Waals surface area (Å²) in [5.74, 6) is -0.235. The van der Waals surface area contributed by atoms with Crippen molar-refractivity contribution < 1.29 is 13.9 Å². The topological polar surface area (TPSA) is 64.3 Å². The van der Waals surface area contributed by atoms with Gasteiger partial charge in [0.15, 0.2) is 0 Å². The number of methoxy groups -OCH3 is 1. The minimum Gasteiger partial charge on any atom is -0.496 e. The van der Waals surface area contributed by atoms with Gasteiger partial charge in [-0.3, -0.25) is 10.1 Å². The smallest absolute Gasteiger partial charge is 0.242 e. The number of carbonyl (C=O) groups excluding carboxylic acids is 1. The molecule has 0 aliphatic heterocycles. The Kier molecular flexibility index (Phi) is 3.75. The third kappa shape index (κ3) is 2.71. The van der Waals surface area contributed by atoms with Crippen LogP contribution in [0.15, 0.2) is 18.2 Å². The Morgan fingerprint density at radius 1 is 1.58 bits per heavy atom. The maximum absolute atomic E-state index is 14.1. The quantitative estimate of drug-likeness (QED) is 0.820. The van der Waals surface area contributed by atoms with Gasteiger partial charge in [-0.25, -0.2) is 4.39 Å². The highest BCUT2D eigenvalue weighted by Gasteiger charge is 2.39. The SMILES string of the molecule is COc1cccc(F)c1C(C)(NCC1CC1)C(N)=O. The highest BCUT2D eigenvalue weighted by Crippen LogP contribution is 2.34. The minimum atomic E-state index is -1.26. The zero-order chi connectivity index (χ0) is 14.0. The number of halogens is 1. The van der Waals surface area contributed by atoms with E-state index in [0.717, 1.165) is 12.8 Å². The molecule has 0 radical (unpaired) electrons. The Balaban J connectivity index is 2.39. The van der Waals surface area contributed by atoms with E-state index in [-0.39, 0.29) is 5.56 Å². The van der Waals surface area contributed by atoms with E-state index in [1.165, 1.54) is 13.2 Å². The third-order valence-corrected chi connectivity index (χ3v) is 3.63. The van der Waals surface area contributed by atoms with Gasteiger partial charge in [-0.1, -0.05) is 6.07 Å². The van der Waals surface area contributed by atoms with Crippen molar-refractivity contribution in [3.05, 3.63) is 29.6 Å². The lowest BCUT2D eigenvalue weighted by Gasteiger charge is -2.30. The molecule has 1 fully saturated rings. The van der Waals surface area contributed by atoms with Crippen LogP contribution >= 0.6 is 0 Å². The zero-order valence-corrected chi connectivity index (χ0v) is 11.2. The molecule has 2 rings (SSSR count). The molecular weight excluding hydrogens is 247 g/mol. The van der Waals surface area contributed by atoms with Gasteiger partial charge in [-0.2, -0.15) is 0 Å². The van der Waals surface area contributed by atoms with Crippen LogP contribution < -0.4 is 15.8 Å². The first-order valence-electron chi connectivity index (χ1n) is 6.37. The highest BCUT2D eigenvalue weighted by molar-refractivity contribution is 5.86. The number of hydrogen-bond donors (Lipinski definition) is 2. The van der Waals surface area contributed by atoms with E-state index in [1.807, 2.05) is 0 Å². The lowest BCUT2D eigenvalue weighted by Crippen LogP contribution is -2.51. The van der Waals surface area contributed by atoms with Crippen LogP contribution in [0, 0.1) is 11.7 Å². The van der Waals surface area contributed by atoms with Crippen molar-refractivity contribution in [1.82, 2.24) is 5.32 Å². The molecule has 1 unspecified atom stereocenters. The van der Waals surface area contributed by atoms with Crippen LogP contribution in [0.4, 0.5) is 4.39 Å². The molecule has 1 saturated carbocycles. The monoisotopic (exact) mass is 266 g/mol. The summed E-state index contributed by atoms with van der Waals surface area (Å²) in [7, 11) is 1.45. The van der Waals surface area contributed by atoms with Crippen molar-refractivity contribution in [3.8, 4) is 5.75 Å². The molecule has 5 heteroatoms. The molecule has 3 N–H and O–H groups in total. The predicted molar refractivity (Wildman–Crippen MR) is 70.2 cm³/mol. The van der Waals surface area contributed by atoms with Gasteiger partial charge in [-0.15, -0.1) is 0 Å². The Hall–Kier alpha value is -1.62. The normalized spacial score (nSPS) is 17.8. The Labute approximate surface area is 112 Å². The van der Waals surface area contributed by atoms with E-state index in [2.05, 4.69) is 5.32 Å². The molecule has 4 nitrogen and oxygen atoms in total. The third-order valence-electron chi connectivity index (χ3n) is 3.63. The largest absolute Gasteiger partial charge is 0.496 e. The van der Waals surface area contributed by atoms with Crippen LogP contribution in [0.5, 0.6) is 5.75 Å². The van der Waals surface area contributed by atoms with E-state index in [9.17, 15) is 9.18 Å². The molecule has 1 aliphatic rings. The minimum absolute atomic E-state index is 0.172. The van der Waals surface area contributed by atoms with Crippen molar-refractivity contribution in [2.24, 2.45) is 11.7 Å². The maximum Gasteiger partial charge on any atom is 0.242 e. The van der Waals surface area contributed by atoms with Gasteiger partial charge in [0.05, 0.1) is 12.7 Å². The lowest BCUT2D eigenvalue weighted by atomic mass is 9.89. The van der Waals surface area contributed by atoms with Gasteiger partial charge in [0, 0.05) is 0 Å². The van der Waals surface area contributed by atoms with Crippen LogP contribution in [0.2, 0.25) is 0 Å². The first-order chi connectivity index (χ1) is 8.99. The molecule has 0 saturated heterocycles. The van der Waals surface area contributed by atoms with E-state index in [0.29, 0.717) is 18.2 Å². The van der Waals surface area contributed by atoms with Crippen molar-refractivity contribution in [1.29, 1.82) is 0 Å². The van der Waals surface area contributed by atoms with Gasteiger partial charge in [0.25, 0.3) is 0 Å². The fourth-order valence-electron chi connectivity index (χ4n) is 2.13. The summed E-state index contributed by atoms with van der Waals surface area (Å²) in [5.41, 5.74) is 4.39. The standard InChI is InChI=1S/C14H19FN2O2/c1-14(13(16)18,17-8-9-6-7-9)12-10(15)4-3-5-11(12)19-2/h3-5,9,17H,6-8H2,1-2H3,(H2,16,18).